The van der Waals surface area contributed by atoms with Gasteiger partial charge in [-0.1, -0.05) is 57.6 Å². The van der Waals surface area contributed by atoms with Crippen molar-refractivity contribution in [1.82, 2.24) is 5.32 Å². The summed E-state index contributed by atoms with van der Waals surface area (Å²) in [5, 5.41) is 3.92. The van der Waals surface area contributed by atoms with Crippen molar-refractivity contribution in [1.29, 1.82) is 0 Å². The lowest BCUT2D eigenvalue weighted by Crippen LogP contribution is -2.57. The highest BCUT2D eigenvalue weighted by atomic mass is 16.5. The Morgan fingerprint density at radius 1 is 1.12 bits per heavy atom. The largest absolute Gasteiger partial charge is 0.501 e. The van der Waals surface area contributed by atoms with Crippen molar-refractivity contribution >= 4 is 0 Å². The summed E-state index contributed by atoms with van der Waals surface area (Å²) in [5.74, 6) is 2.77. The van der Waals surface area contributed by atoms with Crippen LogP contribution in [0.2, 0.25) is 0 Å². The molecular formula is C23H39NO. The van der Waals surface area contributed by atoms with E-state index in [2.05, 4.69) is 31.9 Å². The van der Waals surface area contributed by atoms with Crippen LogP contribution in [0.5, 0.6) is 0 Å². The molecule has 0 aromatic heterocycles. The van der Waals surface area contributed by atoms with Crippen molar-refractivity contribution in [2.45, 2.75) is 89.5 Å². The Balaban J connectivity index is 1.82. The number of rotatable bonds is 7. The van der Waals surface area contributed by atoms with Gasteiger partial charge in [-0.05, 0) is 57.1 Å². The third kappa shape index (κ3) is 3.70. The predicted molar refractivity (Wildman–Crippen MR) is 107 cm³/mol. The van der Waals surface area contributed by atoms with Crippen molar-refractivity contribution in [3.05, 3.63) is 24.0 Å². The molecule has 2 nitrogen and oxygen atoms in total. The van der Waals surface area contributed by atoms with Crippen LogP contribution in [0.1, 0.15) is 84.0 Å². The highest BCUT2D eigenvalue weighted by Crippen LogP contribution is 2.51. The molecule has 1 atom stereocenters. The fraction of sp³-hybridized carbons (Fsp3) is 0.826. The molecule has 1 unspecified atom stereocenters. The van der Waals surface area contributed by atoms with E-state index in [1.807, 2.05) is 0 Å². The Labute approximate surface area is 155 Å². The standard InChI is InChI=1S/C23H39NO/c1-18(22(2)16-21(17-22)25-4)15-23(24-3,19-11-7-5-8-12-19)20-13-9-6-10-14-20/h16,19-20,24H,1,5-15,17H2,2-4H3. The molecule has 2 saturated carbocycles. The topological polar surface area (TPSA) is 21.3 Å². The Morgan fingerprint density at radius 3 is 2.00 bits per heavy atom. The summed E-state index contributed by atoms with van der Waals surface area (Å²) in [5.41, 5.74) is 1.81. The molecule has 0 radical (unpaired) electrons. The van der Waals surface area contributed by atoms with Gasteiger partial charge < -0.3 is 10.1 Å². The van der Waals surface area contributed by atoms with E-state index >= 15 is 0 Å². The molecule has 3 rings (SSSR count). The predicted octanol–water partition coefficient (Wildman–Crippen LogP) is 5.99. The van der Waals surface area contributed by atoms with Gasteiger partial charge in [0.25, 0.3) is 0 Å². The first kappa shape index (κ1) is 19.0. The number of methoxy groups -OCH3 is 1. The molecule has 0 saturated heterocycles. The maximum Gasteiger partial charge on any atom is 0.0936 e. The lowest BCUT2D eigenvalue weighted by molar-refractivity contribution is 0.0697. The summed E-state index contributed by atoms with van der Waals surface area (Å²) in [6, 6.07) is 0. The maximum absolute atomic E-state index is 5.43. The molecule has 1 N–H and O–H groups in total. The normalized spacial score (nSPS) is 29.0. The minimum Gasteiger partial charge on any atom is -0.501 e. The van der Waals surface area contributed by atoms with Crippen LogP contribution in [0.25, 0.3) is 0 Å². The highest BCUT2D eigenvalue weighted by Gasteiger charge is 2.47. The zero-order chi connectivity index (χ0) is 17.9. The highest BCUT2D eigenvalue weighted by molar-refractivity contribution is 5.32. The number of hydrogen-bond acceptors (Lipinski definition) is 2. The number of nitrogens with one attached hydrogen (secondary N) is 1. The zero-order valence-electron chi connectivity index (χ0n) is 16.8. The van der Waals surface area contributed by atoms with E-state index in [0.29, 0.717) is 0 Å². The lowest BCUT2D eigenvalue weighted by atomic mass is 9.59. The average Bonchev–Trinajstić information content (AvgIpc) is 2.64. The second kappa shape index (κ2) is 7.86. The van der Waals surface area contributed by atoms with Crippen LogP contribution in [0.3, 0.4) is 0 Å². The summed E-state index contributed by atoms with van der Waals surface area (Å²) in [6.07, 6.45) is 18.6. The van der Waals surface area contributed by atoms with Gasteiger partial charge in [-0.15, -0.1) is 0 Å². The molecule has 0 aromatic carbocycles. The van der Waals surface area contributed by atoms with Crippen molar-refractivity contribution in [2.75, 3.05) is 14.2 Å². The zero-order valence-corrected chi connectivity index (χ0v) is 16.8. The Hall–Kier alpha value is -0.760. The third-order valence-electron chi connectivity index (χ3n) is 7.73. The van der Waals surface area contributed by atoms with Gasteiger partial charge in [-0.3, -0.25) is 0 Å². The van der Waals surface area contributed by atoms with Gasteiger partial charge in [0.05, 0.1) is 12.9 Å². The van der Waals surface area contributed by atoms with E-state index in [1.54, 1.807) is 7.11 Å². The molecule has 0 bridgehead atoms. The van der Waals surface area contributed by atoms with Gasteiger partial charge in [-0.2, -0.15) is 0 Å². The third-order valence-corrected chi connectivity index (χ3v) is 7.73. The van der Waals surface area contributed by atoms with Crippen LogP contribution in [-0.2, 0) is 4.74 Å². The van der Waals surface area contributed by atoms with Crippen LogP contribution in [-0.4, -0.2) is 19.7 Å². The average molecular weight is 346 g/mol. The fourth-order valence-electron chi connectivity index (χ4n) is 5.96. The van der Waals surface area contributed by atoms with Crippen LogP contribution < -0.4 is 5.32 Å². The summed E-state index contributed by atoms with van der Waals surface area (Å²) >= 11 is 0. The van der Waals surface area contributed by atoms with Crippen molar-refractivity contribution in [3.8, 4) is 0 Å². The number of hydrogen-bond donors (Lipinski definition) is 1. The van der Waals surface area contributed by atoms with Gasteiger partial charge in [0.1, 0.15) is 0 Å². The van der Waals surface area contributed by atoms with Crippen LogP contribution in [0, 0.1) is 17.3 Å². The monoisotopic (exact) mass is 345 g/mol. The van der Waals surface area contributed by atoms with Crippen molar-refractivity contribution < 1.29 is 4.74 Å². The van der Waals surface area contributed by atoms with Crippen molar-refractivity contribution in [3.63, 3.8) is 0 Å². The minimum atomic E-state index is 0.136. The van der Waals surface area contributed by atoms with E-state index < -0.39 is 0 Å². The Bertz CT molecular complexity index is 478. The SMILES string of the molecule is C=C(CC(NC)(C1CCCCC1)C1CCCCC1)C1(C)C=C(OC)C1. The molecule has 0 amide bonds. The second-order valence-corrected chi connectivity index (χ2v) is 9.15. The van der Waals surface area contributed by atoms with E-state index in [0.717, 1.165) is 30.4 Å². The second-order valence-electron chi connectivity index (χ2n) is 9.15. The molecule has 0 aromatic rings. The molecule has 142 valence electrons. The minimum absolute atomic E-state index is 0.136. The van der Waals surface area contributed by atoms with Gasteiger partial charge in [0, 0.05) is 17.4 Å². The lowest BCUT2D eigenvalue weighted by Gasteiger charge is -2.52. The van der Waals surface area contributed by atoms with Crippen molar-refractivity contribution in [2.24, 2.45) is 17.3 Å². The summed E-state index contributed by atoms with van der Waals surface area (Å²) in [6.45, 7) is 6.95. The summed E-state index contributed by atoms with van der Waals surface area (Å²) in [7, 11) is 4.02. The molecule has 0 heterocycles. The molecule has 0 aliphatic heterocycles. The fourth-order valence-corrected chi connectivity index (χ4v) is 5.96. The smallest absolute Gasteiger partial charge is 0.0936 e. The van der Waals surface area contributed by atoms with Crippen LogP contribution in [0.4, 0.5) is 0 Å². The molecule has 0 spiro atoms. The first-order chi connectivity index (χ1) is 12.0. The summed E-state index contributed by atoms with van der Waals surface area (Å²) < 4.78 is 5.43. The molecule has 2 heteroatoms. The molecular weight excluding hydrogens is 306 g/mol. The summed E-state index contributed by atoms with van der Waals surface area (Å²) in [4.78, 5) is 0. The Morgan fingerprint density at radius 2 is 1.60 bits per heavy atom. The van der Waals surface area contributed by atoms with Gasteiger partial charge >= 0.3 is 0 Å². The molecule has 3 aliphatic carbocycles. The molecule has 25 heavy (non-hydrogen) atoms. The molecule has 2 fully saturated rings. The van der Waals surface area contributed by atoms with Crippen LogP contribution in [0.15, 0.2) is 24.0 Å². The van der Waals surface area contributed by atoms with E-state index in [-0.39, 0.29) is 11.0 Å². The Kier molecular flexibility index (Phi) is 5.98. The first-order valence-electron chi connectivity index (χ1n) is 10.7. The van der Waals surface area contributed by atoms with Gasteiger partial charge in [0.15, 0.2) is 0 Å². The molecule has 3 aliphatic rings. The van der Waals surface area contributed by atoms with Gasteiger partial charge in [0.2, 0.25) is 0 Å². The van der Waals surface area contributed by atoms with E-state index in [1.165, 1.54) is 69.8 Å². The number of ether oxygens (including phenoxy) is 1. The van der Waals surface area contributed by atoms with E-state index in [4.69, 9.17) is 4.74 Å². The van der Waals surface area contributed by atoms with E-state index in [9.17, 15) is 0 Å². The first-order valence-corrected chi connectivity index (χ1v) is 10.7. The van der Waals surface area contributed by atoms with Crippen LogP contribution >= 0.6 is 0 Å². The number of allylic oxidation sites excluding steroid dienone is 2. The van der Waals surface area contributed by atoms with Gasteiger partial charge in [-0.25, -0.2) is 0 Å². The quantitative estimate of drug-likeness (QED) is 0.572. The maximum atomic E-state index is 5.43.